The van der Waals surface area contributed by atoms with Gasteiger partial charge in [0.05, 0.1) is 16.8 Å². The summed E-state index contributed by atoms with van der Waals surface area (Å²) in [6.45, 7) is -0.341. The van der Waals surface area contributed by atoms with Crippen LogP contribution in [0.15, 0.2) is 73.2 Å². The lowest BCUT2D eigenvalue weighted by Crippen LogP contribution is -2.37. The van der Waals surface area contributed by atoms with Gasteiger partial charge in [0.25, 0.3) is 11.8 Å². The third-order valence-corrected chi connectivity index (χ3v) is 4.88. The van der Waals surface area contributed by atoms with E-state index in [-0.39, 0.29) is 6.54 Å². The van der Waals surface area contributed by atoms with E-state index in [1.54, 1.807) is 42.6 Å². The van der Waals surface area contributed by atoms with Crippen molar-refractivity contribution in [3.8, 4) is 11.3 Å². The van der Waals surface area contributed by atoms with Gasteiger partial charge in [-0.2, -0.15) is 0 Å². The number of hydrogen-bond acceptors (Lipinski definition) is 5. The molecule has 0 saturated carbocycles. The molecule has 146 valence electrons. The van der Waals surface area contributed by atoms with E-state index >= 15 is 0 Å². The number of carbonyl (C=O) groups is 3. The molecule has 2 aromatic heterocycles. The first-order valence-corrected chi connectivity index (χ1v) is 9.25. The maximum absolute atomic E-state index is 12.4. The number of hydrogen-bond donors (Lipinski definition) is 1. The zero-order valence-electron chi connectivity index (χ0n) is 15.6. The largest absolute Gasteiger partial charge is 0.325 e. The highest BCUT2D eigenvalue weighted by molar-refractivity contribution is 6.22. The van der Waals surface area contributed by atoms with E-state index in [1.165, 1.54) is 0 Å². The number of amides is 3. The standard InChI is InChI=1S/C22H15N5O3/c28-19(13-27-20(29)16-4-1-2-5-17(16)21(27)30)24-15-8-6-14(7-9-15)18-12-26-11-3-10-23-22(26)25-18/h1-12H,13H2,(H,24,28). The molecule has 30 heavy (non-hydrogen) atoms. The Kier molecular flexibility index (Phi) is 4.10. The molecule has 0 unspecified atom stereocenters. The van der Waals surface area contributed by atoms with E-state index in [9.17, 15) is 14.4 Å². The summed E-state index contributed by atoms with van der Waals surface area (Å²) in [6, 6.07) is 15.5. The van der Waals surface area contributed by atoms with Crippen molar-refractivity contribution in [2.45, 2.75) is 0 Å². The van der Waals surface area contributed by atoms with Gasteiger partial charge in [0.2, 0.25) is 11.7 Å². The van der Waals surface area contributed by atoms with Crippen molar-refractivity contribution in [3.05, 3.63) is 84.3 Å². The highest BCUT2D eigenvalue weighted by Crippen LogP contribution is 2.23. The van der Waals surface area contributed by atoms with Crippen LogP contribution in [0.5, 0.6) is 0 Å². The zero-order valence-corrected chi connectivity index (χ0v) is 15.6. The van der Waals surface area contributed by atoms with Gasteiger partial charge in [-0.25, -0.2) is 9.97 Å². The van der Waals surface area contributed by atoms with Crippen LogP contribution >= 0.6 is 0 Å². The molecule has 3 amide bonds. The summed E-state index contributed by atoms with van der Waals surface area (Å²) < 4.78 is 1.83. The fraction of sp³-hybridized carbons (Fsp3) is 0.0455. The molecule has 8 heteroatoms. The number of imide groups is 1. The second-order valence-corrected chi connectivity index (χ2v) is 6.82. The number of nitrogens with one attached hydrogen (secondary N) is 1. The highest BCUT2D eigenvalue weighted by Gasteiger charge is 2.36. The molecule has 1 aliphatic heterocycles. The fourth-order valence-corrected chi connectivity index (χ4v) is 3.42. The van der Waals surface area contributed by atoms with E-state index < -0.39 is 17.7 Å². The maximum atomic E-state index is 12.4. The van der Waals surface area contributed by atoms with Crippen molar-refractivity contribution >= 4 is 29.2 Å². The van der Waals surface area contributed by atoms with Gasteiger partial charge in [0.15, 0.2) is 0 Å². The molecule has 1 aliphatic rings. The van der Waals surface area contributed by atoms with Crippen LogP contribution < -0.4 is 5.32 Å². The van der Waals surface area contributed by atoms with E-state index in [2.05, 4.69) is 15.3 Å². The van der Waals surface area contributed by atoms with Crippen LogP contribution in [0.1, 0.15) is 20.7 Å². The summed E-state index contributed by atoms with van der Waals surface area (Å²) in [7, 11) is 0. The van der Waals surface area contributed by atoms with Gasteiger partial charge < -0.3 is 5.32 Å². The van der Waals surface area contributed by atoms with Crippen LogP contribution in [0.25, 0.3) is 17.0 Å². The Bertz CT molecular complexity index is 1240. The molecule has 1 N–H and O–H groups in total. The average Bonchev–Trinajstić information content (AvgIpc) is 3.30. The van der Waals surface area contributed by atoms with E-state index in [0.717, 1.165) is 16.2 Å². The smallest absolute Gasteiger partial charge is 0.262 e. The molecule has 8 nitrogen and oxygen atoms in total. The van der Waals surface area contributed by atoms with Crippen molar-refractivity contribution in [2.75, 3.05) is 11.9 Å². The topological polar surface area (TPSA) is 96.7 Å². The van der Waals surface area contributed by atoms with Gasteiger partial charge in [0, 0.05) is 29.8 Å². The number of aromatic nitrogens is 3. The van der Waals surface area contributed by atoms with Crippen molar-refractivity contribution in [2.24, 2.45) is 0 Å². The second kappa shape index (κ2) is 6.93. The lowest BCUT2D eigenvalue weighted by molar-refractivity contribution is -0.116. The van der Waals surface area contributed by atoms with Crippen LogP contribution in [0.3, 0.4) is 0 Å². The molecule has 0 aliphatic carbocycles. The normalized spacial score (nSPS) is 13.0. The summed E-state index contributed by atoms with van der Waals surface area (Å²) in [5.74, 6) is -0.761. The van der Waals surface area contributed by atoms with Gasteiger partial charge in [-0.05, 0) is 30.3 Å². The molecule has 0 bridgehead atoms. The zero-order chi connectivity index (χ0) is 20.7. The fourth-order valence-electron chi connectivity index (χ4n) is 3.42. The lowest BCUT2D eigenvalue weighted by atomic mass is 10.1. The van der Waals surface area contributed by atoms with E-state index in [0.29, 0.717) is 22.6 Å². The van der Waals surface area contributed by atoms with Crippen LogP contribution in [0.4, 0.5) is 5.69 Å². The molecule has 0 radical (unpaired) electrons. The Morgan fingerprint density at radius 1 is 0.933 bits per heavy atom. The van der Waals surface area contributed by atoms with Gasteiger partial charge >= 0.3 is 0 Å². The summed E-state index contributed by atoms with van der Waals surface area (Å²) in [6.07, 6.45) is 5.42. The first-order chi connectivity index (χ1) is 14.6. The van der Waals surface area contributed by atoms with Crippen LogP contribution in [-0.2, 0) is 4.79 Å². The van der Waals surface area contributed by atoms with Crippen molar-refractivity contribution in [3.63, 3.8) is 0 Å². The van der Waals surface area contributed by atoms with Gasteiger partial charge in [-0.1, -0.05) is 24.3 Å². The maximum Gasteiger partial charge on any atom is 0.262 e. The number of carbonyl (C=O) groups excluding carboxylic acids is 3. The Labute approximate surface area is 170 Å². The molecule has 3 heterocycles. The van der Waals surface area contributed by atoms with Gasteiger partial charge in [-0.3, -0.25) is 23.7 Å². The first kappa shape index (κ1) is 17.7. The molecular formula is C22H15N5O3. The van der Waals surface area contributed by atoms with Crippen molar-refractivity contribution in [1.29, 1.82) is 0 Å². The average molecular weight is 397 g/mol. The Morgan fingerprint density at radius 3 is 2.30 bits per heavy atom. The minimum atomic E-state index is -0.457. The predicted molar refractivity (Wildman–Crippen MR) is 109 cm³/mol. The number of rotatable bonds is 4. The molecule has 0 atom stereocenters. The molecule has 4 aromatic rings. The van der Waals surface area contributed by atoms with Crippen LogP contribution in [-0.4, -0.2) is 43.5 Å². The highest BCUT2D eigenvalue weighted by atomic mass is 16.2. The number of benzene rings is 2. The minimum Gasteiger partial charge on any atom is -0.325 e. The molecule has 2 aromatic carbocycles. The van der Waals surface area contributed by atoms with Gasteiger partial charge in [-0.15, -0.1) is 0 Å². The molecule has 0 spiro atoms. The SMILES string of the molecule is O=C(CN1C(=O)c2ccccc2C1=O)Nc1ccc(-c2cn3cccnc3n2)cc1. The second-order valence-electron chi connectivity index (χ2n) is 6.82. The number of fused-ring (bicyclic) bond motifs is 2. The molecular weight excluding hydrogens is 382 g/mol. The molecule has 5 rings (SSSR count). The van der Waals surface area contributed by atoms with Crippen LogP contribution in [0, 0.1) is 0 Å². The number of imidazole rings is 1. The summed E-state index contributed by atoms with van der Waals surface area (Å²) in [4.78, 5) is 46.8. The summed E-state index contributed by atoms with van der Waals surface area (Å²) >= 11 is 0. The molecule has 0 saturated heterocycles. The third kappa shape index (κ3) is 3.00. The third-order valence-electron chi connectivity index (χ3n) is 4.88. The lowest BCUT2D eigenvalue weighted by Gasteiger charge is -2.13. The van der Waals surface area contributed by atoms with Gasteiger partial charge in [0.1, 0.15) is 6.54 Å². The summed E-state index contributed by atoms with van der Waals surface area (Å²) in [5, 5.41) is 2.72. The van der Waals surface area contributed by atoms with Crippen molar-refractivity contribution in [1.82, 2.24) is 19.3 Å². The van der Waals surface area contributed by atoms with E-state index in [4.69, 9.17) is 0 Å². The van der Waals surface area contributed by atoms with E-state index in [1.807, 2.05) is 35.0 Å². The quantitative estimate of drug-likeness (QED) is 0.534. The predicted octanol–water partition coefficient (Wildman–Crippen LogP) is 2.63. The first-order valence-electron chi connectivity index (χ1n) is 9.25. The summed E-state index contributed by atoms with van der Waals surface area (Å²) in [5.41, 5.74) is 2.84. The minimum absolute atomic E-state index is 0.321. The molecule has 0 fully saturated rings. The van der Waals surface area contributed by atoms with Crippen LogP contribution in [0.2, 0.25) is 0 Å². The number of nitrogens with zero attached hydrogens (tertiary/aromatic N) is 4. The van der Waals surface area contributed by atoms with Crippen molar-refractivity contribution < 1.29 is 14.4 Å². The Balaban J connectivity index is 1.28. The Hall–Kier alpha value is -4.33. The Morgan fingerprint density at radius 2 is 1.63 bits per heavy atom. The monoisotopic (exact) mass is 397 g/mol. The number of anilines is 1.